The molecule has 0 fully saturated rings. The first-order valence-corrected chi connectivity index (χ1v) is 4.93. The molecule has 1 heterocycles. The van der Waals surface area contributed by atoms with Crippen molar-refractivity contribution in [2.75, 3.05) is 0 Å². The summed E-state index contributed by atoms with van der Waals surface area (Å²) in [4.78, 5) is 13.9. The number of hydrogen-bond acceptors (Lipinski definition) is 1. The first kappa shape index (κ1) is 9.71. The summed E-state index contributed by atoms with van der Waals surface area (Å²) in [7, 11) is 0. The van der Waals surface area contributed by atoms with E-state index in [-0.39, 0.29) is 5.56 Å². The van der Waals surface area contributed by atoms with Crippen molar-refractivity contribution in [1.29, 1.82) is 0 Å². The molecule has 0 radical (unpaired) electrons. The monoisotopic (exact) mass is 199 g/mol. The molecular weight excluding hydrogens is 186 g/mol. The van der Waals surface area contributed by atoms with Gasteiger partial charge in [-0.1, -0.05) is 29.8 Å². The fraction of sp³-hybridized carbons (Fsp3) is 0.154. The lowest BCUT2D eigenvalue weighted by molar-refractivity contribution is 1.18. The van der Waals surface area contributed by atoms with Crippen molar-refractivity contribution in [2.45, 2.75) is 13.8 Å². The van der Waals surface area contributed by atoms with Crippen molar-refractivity contribution < 1.29 is 0 Å². The predicted octanol–water partition coefficient (Wildman–Crippen LogP) is 2.66. The highest BCUT2D eigenvalue weighted by atomic mass is 16.1. The van der Waals surface area contributed by atoms with Crippen LogP contribution in [0, 0.1) is 13.8 Å². The lowest BCUT2D eigenvalue weighted by Gasteiger charge is -2.03. The van der Waals surface area contributed by atoms with Crippen LogP contribution in [0.25, 0.3) is 11.1 Å². The zero-order valence-electron chi connectivity index (χ0n) is 8.87. The molecule has 0 spiro atoms. The van der Waals surface area contributed by atoms with Gasteiger partial charge in [0.1, 0.15) is 0 Å². The predicted molar refractivity (Wildman–Crippen MR) is 62.0 cm³/mol. The van der Waals surface area contributed by atoms with Gasteiger partial charge in [-0.05, 0) is 31.0 Å². The minimum atomic E-state index is -0.0218. The Hall–Kier alpha value is -1.83. The summed E-state index contributed by atoms with van der Waals surface area (Å²) in [5, 5.41) is 0. The van der Waals surface area contributed by atoms with E-state index >= 15 is 0 Å². The fourth-order valence-electron chi connectivity index (χ4n) is 1.59. The molecule has 1 aromatic heterocycles. The van der Waals surface area contributed by atoms with Crippen LogP contribution in [-0.2, 0) is 0 Å². The maximum atomic E-state index is 11.2. The van der Waals surface area contributed by atoms with Crippen LogP contribution in [0.4, 0.5) is 0 Å². The van der Waals surface area contributed by atoms with E-state index in [0.717, 1.165) is 16.7 Å². The molecule has 1 N–H and O–H groups in total. The molecule has 2 aromatic rings. The molecule has 0 saturated carbocycles. The van der Waals surface area contributed by atoms with E-state index in [0.29, 0.717) is 0 Å². The molecule has 15 heavy (non-hydrogen) atoms. The first-order valence-electron chi connectivity index (χ1n) is 4.93. The maximum absolute atomic E-state index is 11.2. The fourth-order valence-corrected chi connectivity index (χ4v) is 1.59. The van der Waals surface area contributed by atoms with E-state index in [2.05, 4.69) is 24.0 Å². The van der Waals surface area contributed by atoms with E-state index in [1.165, 1.54) is 5.56 Å². The van der Waals surface area contributed by atoms with Crippen molar-refractivity contribution in [1.82, 2.24) is 4.98 Å². The van der Waals surface area contributed by atoms with Crippen LogP contribution >= 0.6 is 0 Å². The Morgan fingerprint density at radius 1 is 1.07 bits per heavy atom. The number of hydrogen-bond donors (Lipinski definition) is 1. The second-order valence-corrected chi connectivity index (χ2v) is 3.77. The Morgan fingerprint density at radius 3 is 2.53 bits per heavy atom. The summed E-state index contributed by atoms with van der Waals surface area (Å²) < 4.78 is 0. The largest absolute Gasteiger partial charge is 0.328 e. The number of rotatable bonds is 1. The highest BCUT2D eigenvalue weighted by Crippen LogP contribution is 2.18. The SMILES string of the molecule is Cc1cccc(-c2c[nH]c(=O)c(C)c2)c1. The van der Waals surface area contributed by atoms with E-state index in [4.69, 9.17) is 0 Å². The van der Waals surface area contributed by atoms with Gasteiger partial charge in [-0.2, -0.15) is 0 Å². The quantitative estimate of drug-likeness (QED) is 0.752. The van der Waals surface area contributed by atoms with Gasteiger partial charge >= 0.3 is 0 Å². The van der Waals surface area contributed by atoms with Crippen LogP contribution < -0.4 is 5.56 Å². The molecule has 2 nitrogen and oxygen atoms in total. The number of H-pyrrole nitrogens is 1. The molecule has 0 aliphatic heterocycles. The third kappa shape index (κ3) is 1.99. The summed E-state index contributed by atoms with van der Waals surface area (Å²) in [5.41, 5.74) is 4.13. The molecule has 0 amide bonds. The second kappa shape index (κ2) is 3.73. The summed E-state index contributed by atoms with van der Waals surface area (Å²) in [6.45, 7) is 3.88. The lowest BCUT2D eigenvalue weighted by Crippen LogP contribution is -2.07. The van der Waals surface area contributed by atoms with Crippen molar-refractivity contribution >= 4 is 0 Å². The van der Waals surface area contributed by atoms with Crippen LogP contribution in [-0.4, -0.2) is 4.98 Å². The third-order valence-corrected chi connectivity index (χ3v) is 2.44. The standard InChI is InChI=1S/C13H13NO/c1-9-4-3-5-11(6-9)12-7-10(2)13(15)14-8-12/h3-8H,1-2H3,(H,14,15). The molecule has 0 unspecified atom stereocenters. The van der Waals surface area contributed by atoms with Gasteiger partial charge < -0.3 is 4.98 Å². The van der Waals surface area contributed by atoms with Crippen LogP contribution in [0.2, 0.25) is 0 Å². The topological polar surface area (TPSA) is 32.9 Å². The number of nitrogens with one attached hydrogen (secondary N) is 1. The van der Waals surface area contributed by atoms with Crippen molar-refractivity contribution in [3.63, 3.8) is 0 Å². The van der Waals surface area contributed by atoms with E-state index < -0.39 is 0 Å². The Kier molecular flexibility index (Phi) is 2.42. The zero-order chi connectivity index (χ0) is 10.8. The van der Waals surface area contributed by atoms with Gasteiger partial charge in [-0.15, -0.1) is 0 Å². The van der Waals surface area contributed by atoms with Gasteiger partial charge in [0.05, 0.1) is 0 Å². The summed E-state index contributed by atoms with van der Waals surface area (Å²) in [6.07, 6.45) is 1.75. The van der Waals surface area contributed by atoms with E-state index in [1.54, 1.807) is 6.20 Å². The van der Waals surface area contributed by atoms with Gasteiger partial charge in [-0.25, -0.2) is 0 Å². The zero-order valence-corrected chi connectivity index (χ0v) is 8.87. The molecule has 0 atom stereocenters. The molecule has 0 saturated heterocycles. The maximum Gasteiger partial charge on any atom is 0.250 e. The average molecular weight is 199 g/mol. The molecule has 0 aliphatic carbocycles. The normalized spacial score (nSPS) is 10.3. The minimum absolute atomic E-state index is 0.0218. The Bertz CT molecular complexity index is 540. The molecule has 0 aliphatic rings. The number of aromatic nitrogens is 1. The molecule has 2 rings (SSSR count). The number of aryl methyl sites for hydroxylation is 2. The summed E-state index contributed by atoms with van der Waals surface area (Å²) in [5.74, 6) is 0. The Morgan fingerprint density at radius 2 is 1.87 bits per heavy atom. The Labute approximate surface area is 88.6 Å². The molecule has 0 bridgehead atoms. The van der Waals surface area contributed by atoms with Gasteiger partial charge in [0.15, 0.2) is 0 Å². The van der Waals surface area contributed by atoms with Crippen LogP contribution in [0.5, 0.6) is 0 Å². The summed E-state index contributed by atoms with van der Waals surface area (Å²) >= 11 is 0. The van der Waals surface area contributed by atoms with Crippen LogP contribution in [0.1, 0.15) is 11.1 Å². The van der Waals surface area contributed by atoms with Crippen molar-refractivity contribution in [2.24, 2.45) is 0 Å². The number of benzene rings is 1. The molecule has 1 aromatic carbocycles. The van der Waals surface area contributed by atoms with Gasteiger partial charge in [-0.3, -0.25) is 4.79 Å². The average Bonchev–Trinajstić information content (AvgIpc) is 2.22. The lowest BCUT2D eigenvalue weighted by atomic mass is 10.0. The molecule has 2 heteroatoms. The van der Waals surface area contributed by atoms with Crippen molar-refractivity contribution in [3.8, 4) is 11.1 Å². The second-order valence-electron chi connectivity index (χ2n) is 3.77. The summed E-state index contributed by atoms with van der Waals surface area (Å²) in [6, 6.07) is 10.1. The number of aromatic amines is 1. The Balaban J connectivity index is 2.55. The van der Waals surface area contributed by atoms with E-state index in [1.807, 2.05) is 25.1 Å². The van der Waals surface area contributed by atoms with Crippen LogP contribution in [0.15, 0.2) is 41.3 Å². The highest BCUT2D eigenvalue weighted by Gasteiger charge is 1.99. The third-order valence-electron chi connectivity index (χ3n) is 2.44. The smallest absolute Gasteiger partial charge is 0.250 e. The van der Waals surface area contributed by atoms with E-state index in [9.17, 15) is 4.79 Å². The number of pyridine rings is 1. The first-order chi connectivity index (χ1) is 7.16. The van der Waals surface area contributed by atoms with Gasteiger partial charge in [0, 0.05) is 11.8 Å². The van der Waals surface area contributed by atoms with Gasteiger partial charge in [0.2, 0.25) is 0 Å². The molecular formula is C13H13NO. The van der Waals surface area contributed by atoms with Crippen molar-refractivity contribution in [3.05, 3.63) is 58.0 Å². The van der Waals surface area contributed by atoms with Crippen LogP contribution in [0.3, 0.4) is 0 Å². The highest BCUT2D eigenvalue weighted by molar-refractivity contribution is 5.63. The minimum Gasteiger partial charge on any atom is -0.328 e. The molecule has 76 valence electrons. The van der Waals surface area contributed by atoms with Gasteiger partial charge in [0.25, 0.3) is 5.56 Å².